The molecule has 0 aliphatic heterocycles. The number of nitrogens with one attached hydrogen (secondary N) is 1. The molecule has 1 aromatic rings. The fraction of sp³-hybridized carbons (Fsp3) is 0.273. The van der Waals surface area contributed by atoms with Crippen LogP contribution < -0.4 is 5.48 Å². The first kappa shape index (κ1) is 9.96. The second-order valence-electron chi connectivity index (χ2n) is 2.87. The van der Waals surface area contributed by atoms with Crippen LogP contribution in [0.1, 0.15) is 12.5 Å². The highest BCUT2D eigenvalue weighted by Gasteiger charge is 1.94. The average Bonchev–Trinajstić information content (AvgIpc) is 2.19. The summed E-state index contributed by atoms with van der Waals surface area (Å²) in [6.07, 6.45) is 1.79. The van der Waals surface area contributed by atoms with Gasteiger partial charge in [-0.25, -0.2) is 0 Å². The maximum atomic E-state index is 5.23. The van der Waals surface area contributed by atoms with Gasteiger partial charge in [-0.2, -0.15) is 5.48 Å². The van der Waals surface area contributed by atoms with Crippen molar-refractivity contribution in [1.82, 2.24) is 5.48 Å². The van der Waals surface area contributed by atoms with Gasteiger partial charge in [0, 0.05) is 6.54 Å². The van der Waals surface area contributed by atoms with Crippen LogP contribution in [0.4, 0.5) is 0 Å². The van der Waals surface area contributed by atoms with Crippen LogP contribution in [-0.2, 0) is 11.4 Å². The van der Waals surface area contributed by atoms with Gasteiger partial charge in [0.25, 0.3) is 0 Å². The fourth-order valence-corrected chi connectivity index (χ4v) is 0.900. The van der Waals surface area contributed by atoms with Gasteiger partial charge in [0.1, 0.15) is 0 Å². The fourth-order valence-electron chi connectivity index (χ4n) is 0.900. The number of hydrogen-bond donors (Lipinski definition) is 1. The lowest BCUT2D eigenvalue weighted by Gasteiger charge is -2.08. The highest BCUT2D eigenvalue weighted by molar-refractivity contribution is 5.13. The summed E-state index contributed by atoms with van der Waals surface area (Å²) >= 11 is 0. The zero-order chi connectivity index (χ0) is 9.52. The number of rotatable bonds is 5. The minimum absolute atomic E-state index is 0.0451. The van der Waals surface area contributed by atoms with Crippen molar-refractivity contribution in [2.24, 2.45) is 0 Å². The van der Waals surface area contributed by atoms with Gasteiger partial charge < -0.3 is 0 Å². The van der Waals surface area contributed by atoms with Crippen molar-refractivity contribution in [3.63, 3.8) is 0 Å². The Morgan fingerprint density at radius 3 is 2.77 bits per heavy atom. The van der Waals surface area contributed by atoms with Crippen molar-refractivity contribution in [2.45, 2.75) is 19.6 Å². The van der Waals surface area contributed by atoms with Crippen LogP contribution in [-0.4, -0.2) is 6.10 Å². The Morgan fingerprint density at radius 2 is 2.15 bits per heavy atom. The predicted octanol–water partition coefficient (Wildman–Crippen LogP) is 2.28. The molecule has 1 unspecified atom stereocenters. The molecule has 0 heterocycles. The predicted molar refractivity (Wildman–Crippen MR) is 54.0 cm³/mol. The van der Waals surface area contributed by atoms with Crippen LogP contribution in [0.3, 0.4) is 0 Å². The molecule has 0 radical (unpaired) electrons. The third-order valence-electron chi connectivity index (χ3n) is 1.72. The molecule has 0 amide bonds. The van der Waals surface area contributed by atoms with Gasteiger partial charge in [-0.15, -0.1) is 6.58 Å². The first-order valence-electron chi connectivity index (χ1n) is 4.38. The van der Waals surface area contributed by atoms with E-state index in [9.17, 15) is 0 Å². The van der Waals surface area contributed by atoms with E-state index in [0.717, 1.165) is 6.54 Å². The van der Waals surface area contributed by atoms with E-state index in [4.69, 9.17) is 4.84 Å². The topological polar surface area (TPSA) is 21.3 Å². The minimum atomic E-state index is 0.0451. The van der Waals surface area contributed by atoms with Gasteiger partial charge in [0.2, 0.25) is 0 Å². The maximum Gasteiger partial charge on any atom is 0.0940 e. The van der Waals surface area contributed by atoms with Crippen molar-refractivity contribution in [2.75, 3.05) is 0 Å². The third kappa shape index (κ3) is 3.87. The van der Waals surface area contributed by atoms with Gasteiger partial charge in [-0.05, 0) is 12.5 Å². The second kappa shape index (κ2) is 5.51. The molecule has 0 aliphatic carbocycles. The van der Waals surface area contributed by atoms with Gasteiger partial charge in [-0.3, -0.25) is 4.84 Å². The van der Waals surface area contributed by atoms with E-state index in [1.807, 2.05) is 25.1 Å². The summed E-state index contributed by atoms with van der Waals surface area (Å²) in [5.74, 6) is 0. The van der Waals surface area contributed by atoms with Crippen LogP contribution in [0.15, 0.2) is 43.0 Å². The maximum absolute atomic E-state index is 5.23. The molecule has 0 fully saturated rings. The molecule has 0 saturated carbocycles. The Hall–Kier alpha value is -1.12. The zero-order valence-electron chi connectivity index (χ0n) is 7.86. The van der Waals surface area contributed by atoms with Crippen LogP contribution in [0.2, 0.25) is 0 Å². The lowest BCUT2D eigenvalue weighted by atomic mass is 10.2. The van der Waals surface area contributed by atoms with Crippen molar-refractivity contribution >= 4 is 0 Å². The van der Waals surface area contributed by atoms with Crippen LogP contribution in [0.5, 0.6) is 0 Å². The molecule has 0 spiro atoms. The molecule has 0 aliphatic rings. The van der Waals surface area contributed by atoms with E-state index in [1.54, 1.807) is 6.08 Å². The number of hydrogen-bond acceptors (Lipinski definition) is 2. The van der Waals surface area contributed by atoms with Gasteiger partial charge >= 0.3 is 0 Å². The molecule has 13 heavy (non-hydrogen) atoms. The molecule has 1 aromatic carbocycles. The summed E-state index contributed by atoms with van der Waals surface area (Å²) < 4.78 is 0. The molecule has 0 bridgehead atoms. The van der Waals surface area contributed by atoms with Crippen molar-refractivity contribution in [1.29, 1.82) is 0 Å². The Labute approximate surface area is 79.2 Å². The number of hydroxylamine groups is 1. The molecule has 70 valence electrons. The molecular weight excluding hydrogens is 162 g/mol. The molecule has 0 saturated heterocycles. The summed E-state index contributed by atoms with van der Waals surface area (Å²) in [7, 11) is 0. The molecule has 1 N–H and O–H groups in total. The number of benzene rings is 1. The van der Waals surface area contributed by atoms with E-state index in [-0.39, 0.29) is 6.10 Å². The molecule has 2 nitrogen and oxygen atoms in total. The largest absolute Gasteiger partial charge is 0.294 e. The minimum Gasteiger partial charge on any atom is -0.294 e. The normalized spacial score (nSPS) is 12.4. The Bertz CT molecular complexity index is 246. The first-order valence-corrected chi connectivity index (χ1v) is 4.38. The lowest BCUT2D eigenvalue weighted by Crippen LogP contribution is -2.19. The summed E-state index contributed by atoms with van der Waals surface area (Å²) in [6.45, 7) is 6.28. The molecular formula is C11H15NO. The highest BCUT2D eigenvalue weighted by Crippen LogP contribution is 1.97. The average molecular weight is 177 g/mol. The summed E-state index contributed by atoms with van der Waals surface area (Å²) in [6, 6.07) is 10.1. The van der Waals surface area contributed by atoms with Crippen LogP contribution in [0, 0.1) is 0 Å². The smallest absolute Gasteiger partial charge is 0.0940 e. The van der Waals surface area contributed by atoms with E-state index >= 15 is 0 Å². The van der Waals surface area contributed by atoms with Crippen molar-refractivity contribution < 1.29 is 4.84 Å². The van der Waals surface area contributed by atoms with E-state index < -0.39 is 0 Å². The molecule has 2 heteroatoms. The van der Waals surface area contributed by atoms with Gasteiger partial charge in [0.15, 0.2) is 0 Å². The SMILES string of the molecule is C=CC(C)ONCc1ccccc1. The van der Waals surface area contributed by atoms with E-state index in [2.05, 4.69) is 24.2 Å². The quantitative estimate of drug-likeness (QED) is 0.550. The Morgan fingerprint density at radius 1 is 1.46 bits per heavy atom. The highest BCUT2D eigenvalue weighted by atomic mass is 16.7. The molecule has 1 rings (SSSR count). The van der Waals surface area contributed by atoms with Crippen molar-refractivity contribution in [3.8, 4) is 0 Å². The van der Waals surface area contributed by atoms with Crippen molar-refractivity contribution in [3.05, 3.63) is 48.6 Å². The zero-order valence-corrected chi connectivity index (χ0v) is 7.86. The standard InChI is InChI=1S/C11H15NO/c1-3-10(2)13-12-9-11-7-5-4-6-8-11/h3-8,10,12H,1,9H2,2H3. The summed E-state index contributed by atoms with van der Waals surface area (Å²) in [5, 5.41) is 0. The summed E-state index contributed by atoms with van der Waals surface area (Å²) in [4.78, 5) is 5.23. The molecule has 0 aromatic heterocycles. The molecule has 1 atom stereocenters. The van der Waals surface area contributed by atoms with Crippen LogP contribution in [0.25, 0.3) is 0 Å². The Kier molecular flexibility index (Phi) is 4.23. The van der Waals surface area contributed by atoms with Gasteiger partial charge in [0.05, 0.1) is 6.10 Å². The van der Waals surface area contributed by atoms with Gasteiger partial charge in [-0.1, -0.05) is 36.4 Å². The first-order chi connectivity index (χ1) is 6.33. The van der Waals surface area contributed by atoms with Crippen LogP contribution >= 0.6 is 0 Å². The summed E-state index contributed by atoms with van der Waals surface area (Å²) in [5.41, 5.74) is 4.09. The third-order valence-corrected chi connectivity index (χ3v) is 1.72. The van der Waals surface area contributed by atoms with E-state index in [1.165, 1.54) is 5.56 Å². The van der Waals surface area contributed by atoms with E-state index in [0.29, 0.717) is 0 Å². The Balaban J connectivity index is 2.24. The monoisotopic (exact) mass is 177 g/mol. The second-order valence-corrected chi connectivity index (χ2v) is 2.87. The lowest BCUT2D eigenvalue weighted by molar-refractivity contribution is 0.00601.